The van der Waals surface area contributed by atoms with E-state index >= 15 is 0 Å². The lowest BCUT2D eigenvalue weighted by Crippen LogP contribution is -2.76. The van der Waals surface area contributed by atoms with E-state index < -0.39 is 5.60 Å². The molecule has 3 rings (SSSR count). The van der Waals surface area contributed by atoms with E-state index in [1.807, 2.05) is 12.1 Å². The smallest absolute Gasteiger partial charge is 0.259 e. The zero-order chi connectivity index (χ0) is 22.4. The Morgan fingerprint density at radius 1 is 1.19 bits per heavy atom. The quantitative estimate of drug-likeness (QED) is 0.390. The first kappa shape index (κ1) is 24.0. The van der Waals surface area contributed by atoms with Gasteiger partial charge >= 0.3 is 0 Å². The van der Waals surface area contributed by atoms with Crippen molar-refractivity contribution in [2.24, 2.45) is 11.8 Å². The summed E-state index contributed by atoms with van der Waals surface area (Å²) in [6.45, 7) is 6.90. The molecule has 0 bridgehead atoms. The highest BCUT2D eigenvalue weighted by atomic mass is 16.7. The molecule has 0 unspecified atom stereocenters. The number of aromatic nitrogens is 1. The molecule has 1 aromatic rings. The predicted molar refractivity (Wildman–Crippen MR) is 118 cm³/mol. The molecule has 7 nitrogen and oxygen atoms in total. The summed E-state index contributed by atoms with van der Waals surface area (Å²) in [4.78, 5) is 19.5. The Kier molecular flexibility index (Phi) is 8.30. The molecule has 0 spiro atoms. The van der Waals surface area contributed by atoms with E-state index in [4.69, 9.17) is 18.9 Å². The maximum atomic E-state index is 13.2. The lowest BCUT2D eigenvalue weighted by Gasteiger charge is -2.55. The van der Waals surface area contributed by atoms with Crippen molar-refractivity contribution in [2.45, 2.75) is 77.0 Å². The van der Waals surface area contributed by atoms with Crippen LogP contribution in [0, 0.1) is 11.8 Å². The molecule has 31 heavy (non-hydrogen) atoms. The molecular weight excluding hydrogens is 396 g/mol. The summed E-state index contributed by atoms with van der Waals surface area (Å²) in [6, 6.07) is 3.76. The number of methoxy groups -OCH3 is 2. The number of carbonyl (C=O) groups is 1. The molecule has 1 amide bonds. The second-order valence-electron chi connectivity index (χ2n) is 9.44. The zero-order valence-corrected chi connectivity index (χ0v) is 19.6. The van der Waals surface area contributed by atoms with Gasteiger partial charge in [-0.05, 0) is 50.0 Å². The third kappa shape index (κ3) is 5.57. The molecule has 2 heterocycles. The van der Waals surface area contributed by atoms with Crippen molar-refractivity contribution >= 4 is 5.91 Å². The molecule has 1 aliphatic heterocycles. The first-order valence-electron chi connectivity index (χ1n) is 11.4. The van der Waals surface area contributed by atoms with Crippen LogP contribution < -0.4 is 4.74 Å². The zero-order valence-electron chi connectivity index (χ0n) is 19.6. The van der Waals surface area contributed by atoms with Crippen molar-refractivity contribution in [3.8, 4) is 5.75 Å². The topological polar surface area (TPSA) is 70.1 Å². The third-order valence-corrected chi connectivity index (χ3v) is 6.43. The van der Waals surface area contributed by atoms with Crippen molar-refractivity contribution in [1.82, 2.24) is 9.88 Å². The molecule has 0 aromatic carbocycles. The van der Waals surface area contributed by atoms with Crippen LogP contribution in [0.5, 0.6) is 5.75 Å². The third-order valence-electron chi connectivity index (χ3n) is 6.43. The van der Waals surface area contributed by atoms with Crippen LogP contribution in [0.3, 0.4) is 0 Å². The van der Waals surface area contributed by atoms with Gasteiger partial charge in [-0.15, -0.1) is 0 Å². The summed E-state index contributed by atoms with van der Waals surface area (Å²) in [5.74, 6) is 1.92. The van der Waals surface area contributed by atoms with Crippen LogP contribution in [0.1, 0.15) is 58.6 Å². The van der Waals surface area contributed by atoms with E-state index in [1.165, 1.54) is 12.8 Å². The lowest BCUT2D eigenvalue weighted by molar-refractivity contribution is -0.235. The Hall–Kier alpha value is -1.70. The van der Waals surface area contributed by atoms with Gasteiger partial charge in [0.05, 0.1) is 12.1 Å². The number of pyridine rings is 1. The van der Waals surface area contributed by atoms with Crippen LogP contribution in [0.25, 0.3) is 0 Å². The van der Waals surface area contributed by atoms with Gasteiger partial charge < -0.3 is 23.8 Å². The summed E-state index contributed by atoms with van der Waals surface area (Å²) in [6.07, 6.45) is 7.78. The van der Waals surface area contributed by atoms with Crippen molar-refractivity contribution in [3.63, 3.8) is 0 Å². The lowest BCUT2D eigenvalue weighted by atomic mass is 9.75. The van der Waals surface area contributed by atoms with Gasteiger partial charge in [0.1, 0.15) is 19.3 Å². The first-order valence-corrected chi connectivity index (χ1v) is 11.4. The monoisotopic (exact) mass is 434 g/mol. The van der Waals surface area contributed by atoms with Crippen LogP contribution in [-0.2, 0) is 25.4 Å². The van der Waals surface area contributed by atoms with Gasteiger partial charge in [-0.3, -0.25) is 9.78 Å². The summed E-state index contributed by atoms with van der Waals surface area (Å²) in [5.41, 5.74) is -0.206. The fourth-order valence-corrected chi connectivity index (χ4v) is 4.77. The minimum Gasteiger partial charge on any atom is -0.490 e. The van der Waals surface area contributed by atoms with Crippen LogP contribution in [0.15, 0.2) is 18.3 Å². The summed E-state index contributed by atoms with van der Waals surface area (Å²) >= 11 is 0. The number of carbonyl (C=O) groups excluding carboxylic acids is 1. The minimum absolute atomic E-state index is 0.0532. The van der Waals surface area contributed by atoms with Gasteiger partial charge in [0, 0.05) is 38.6 Å². The van der Waals surface area contributed by atoms with E-state index in [9.17, 15) is 4.79 Å². The van der Waals surface area contributed by atoms with Gasteiger partial charge in [0.15, 0.2) is 5.60 Å². The molecule has 0 N–H and O–H groups in total. The van der Waals surface area contributed by atoms with Gasteiger partial charge in [0.2, 0.25) is 0 Å². The molecular formula is C24H38N2O5. The first-order chi connectivity index (χ1) is 14.9. The maximum Gasteiger partial charge on any atom is 0.259 e. The highest BCUT2D eigenvalue weighted by Gasteiger charge is 2.62. The Labute approximate surface area is 186 Å². The summed E-state index contributed by atoms with van der Waals surface area (Å²) in [7, 11) is 3.17. The molecule has 1 saturated heterocycles. The normalized spacial score (nSPS) is 28.6. The van der Waals surface area contributed by atoms with Crippen LogP contribution in [0.4, 0.5) is 0 Å². The van der Waals surface area contributed by atoms with Crippen molar-refractivity contribution in [2.75, 3.05) is 27.7 Å². The average molecular weight is 435 g/mol. The summed E-state index contributed by atoms with van der Waals surface area (Å²) < 4.78 is 22.8. The molecule has 2 aliphatic rings. The van der Waals surface area contributed by atoms with Gasteiger partial charge in [-0.2, -0.15) is 0 Å². The van der Waals surface area contributed by atoms with Gasteiger partial charge in [-0.25, -0.2) is 0 Å². The molecule has 174 valence electrons. The number of amides is 1. The van der Waals surface area contributed by atoms with Crippen LogP contribution in [0.2, 0.25) is 0 Å². The number of hydrogen-bond acceptors (Lipinski definition) is 6. The Balaban J connectivity index is 1.78. The van der Waals surface area contributed by atoms with E-state index in [1.54, 1.807) is 25.3 Å². The van der Waals surface area contributed by atoms with Crippen LogP contribution in [-0.4, -0.2) is 61.3 Å². The second-order valence-corrected chi connectivity index (χ2v) is 9.44. The molecule has 1 saturated carbocycles. The second kappa shape index (κ2) is 10.7. The maximum absolute atomic E-state index is 13.2. The number of hydrogen-bond donors (Lipinski definition) is 0. The molecule has 2 atom stereocenters. The number of likely N-dealkylation sites (tertiary alicyclic amines) is 1. The fourth-order valence-electron chi connectivity index (χ4n) is 4.77. The molecule has 2 fully saturated rings. The largest absolute Gasteiger partial charge is 0.490 e. The van der Waals surface area contributed by atoms with Crippen molar-refractivity contribution in [1.29, 1.82) is 0 Å². The van der Waals surface area contributed by atoms with Crippen LogP contribution >= 0.6 is 0 Å². The predicted octanol–water partition coefficient (Wildman–Crippen LogP) is 3.80. The Morgan fingerprint density at radius 3 is 2.58 bits per heavy atom. The molecule has 7 heteroatoms. The van der Waals surface area contributed by atoms with E-state index in [0.717, 1.165) is 36.6 Å². The number of rotatable bonds is 11. The minimum atomic E-state index is -0.995. The average Bonchev–Trinajstić information content (AvgIpc) is 2.75. The highest BCUT2D eigenvalue weighted by Crippen LogP contribution is 2.41. The number of ether oxygens (including phenoxy) is 4. The van der Waals surface area contributed by atoms with Gasteiger partial charge in [-0.1, -0.05) is 20.8 Å². The SMILES string of the molecule is COCO[C@@]1(Cc2cc(O[C@H]3CC[C@H](C)CC3)ccn2)C(=O)N(COC)[C@H]1CC(C)C. The Morgan fingerprint density at radius 2 is 1.94 bits per heavy atom. The van der Waals surface area contributed by atoms with E-state index in [2.05, 4.69) is 25.8 Å². The number of nitrogens with zero attached hydrogens (tertiary/aromatic N) is 2. The molecule has 1 aromatic heterocycles. The highest BCUT2D eigenvalue weighted by molar-refractivity contribution is 5.93. The standard InChI is InChI=1S/C24H38N2O5/c1-17(2)12-22-24(30-16-29-5,23(27)26(22)15-28-4)14-19-13-21(10-11-25-19)31-20-8-6-18(3)7-9-20/h10-11,13,17-18,20,22H,6-9,12,14-16H2,1-5H3/t18-,20-,22-,24+/m0/s1. The Bertz CT molecular complexity index is 720. The number of β-lactam (4-membered cyclic amide) rings is 1. The molecule has 0 radical (unpaired) electrons. The molecule has 1 aliphatic carbocycles. The van der Waals surface area contributed by atoms with Gasteiger partial charge in [0.25, 0.3) is 5.91 Å². The van der Waals surface area contributed by atoms with E-state index in [0.29, 0.717) is 12.3 Å². The fraction of sp³-hybridized carbons (Fsp3) is 0.750. The van der Waals surface area contributed by atoms with Crippen molar-refractivity contribution in [3.05, 3.63) is 24.0 Å². The summed E-state index contributed by atoms with van der Waals surface area (Å²) in [5, 5.41) is 0. The van der Waals surface area contributed by atoms with Crippen molar-refractivity contribution < 1.29 is 23.7 Å². The van der Waals surface area contributed by atoms with E-state index in [-0.39, 0.29) is 31.6 Å².